The summed E-state index contributed by atoms with van der Waals surface area (Å²) in [7, 11) is -1.61. The van der Waals surface area contributed by atoms with E-state index < -0.39 is 10.0 Å². The van der Waals surface area contributed by atoms with E-state index in [0.29, 0.717) is 19.5 Å². The summed E-state index contributed by atoms with van der Waals surface area (Å²) in [5.74, 6) is -0.393. The molecule has 1 aromatic carbocycles. The van der Waals surface area contributed by atoms with Gasteiger partial charge in [0, 0.05) is 26.2 Å². The van der Waals surface area contributed by atoms with Crippen molar-refractivity contribution in [2.75, 3.05) is 25.9 Å². The molecule has 0 heterocycles. The standard InChI is InChI=1S/C16H27N3O3S/c1-4-23(21,22)19(3)12-8-11-18-16(20)13(2)15(17)14-9-6-5-7-10-14/h5-7,9-10,13,15H,4,8,11-12,17H2,1-3H3,(H,18,20). The molecule has 23 heavy (non-hydrogen) atoms. The van der Waals surface area contributed by atoms with Gasteiger partial charge in [-0.3, -0.25) is 4.79 Å². The van der Waals surface area contributed by atoms with Gasteiger partial charge in [0.1, 0.15) is 0 Å². The number of hydrogen-bond donors (Lipinski definition) is 2. The molecule has 0 spiro atoms. The van der Waals surface area contributed by atoms with E-state index in [2.05, 4.69) is 5.32 Å². The Morgan fingerprint density at radius 3 is 2.48 bits per heavy atom. The van der Waals surface area contributed by atoms with Crippen LogP contribution in [0.4, 0.5) is 0 Å². The van der Waals surface area contributed by atoms with Crippen molar-refractivity contribution in [3.05, 3.63) is 35.9 Å². The Morgan fingerprint density at radius 2 is 1.91 bits per heavy atom. The van der Waals surface area contributed by atoms with Crippen LogP contribution in [0.5, 0.6) is 0 Å². The number of sulfonamides is 1. The molecular weight excluding hydrogens is 314 g/mol. The van der Waals surface area contributed by atoms with E-state index in [9.17, 15) is 13.2 Å². The number of benzene rings is 1. The number of carbonyl (C=O) groups excluding carboxylic acids is 1. The maximum absolute atomic E-state index is 12.1. The molecule has 6 nitrogen and oxygen atoms in total. The monoisotopic (exact) mass is 341 g/mol. The smallest absolute Gasteiger partial charge is 0.224 e. The number of amides is 1. The van der Waals surface area contributed by atoms with Crippen LogP contribution in [0.1, 0.15) is 31.9 Å². The van der Waals surface area contributed by atoms with Gasteiger partial charge in [-0.25, -0.2) is 12.7 Å². The largest absolute Gasteiger partial charge is 0.356 e. The molecule has 0 radical (unpaired) electrons. The average molecular weight is 341 g/mol. The third-order valence-electron chi connectivity index (χ3n) is 3.93. The molecule has 0 aromatic heterocycles. The first kappa shape index (κ1) is 19.6. The van der Waals surface area contributed by atoms with E-state index in [-0.39, 0.29) is 23.6 Å². The average Bonchev–Trinajstić information content (AvgIpc) is 2.57. The van der Waals surface area contributed by atoms with Gasteiger partial charge in [0.25, 0.3) is 0 Å². The first-order valence-corrected chi connectivity index (χ1v) is 9.42. The van der Waals surface area contributed by atoms with Crippen LogP contribution >= 0.6 is 0 Å². The SMILES string of the molecule is CCS(=O)(=O)N(C)CCCNC(=O)C(C)C(N)c1ccccc1. The quantitative estimate of drug-likeness (QED) is 0.658. The summed E-state index contributed by atoms with van der Waals surface area (Å²) in [6, 6.07) is 9.13. The molecule has 1 rings (SSSR count). The van der Waals surface area contributed by atoms with Crippen molar-refractivity contribution >= 4 is 15.9 Å². The number of nitrogens with one attached hydrogen (secondary N) is 1. The number of rotatable bonds is 9. The topological polar surface area (TPSA) is 92.5 Å². The van der Waals surface area contributed by atoms with Crippen LogP contribution in [0.15, 0.2) is 30.3 Å². The summed E-state index contributed by atoms with van der Waals surface area (Å²) in [6.07, 6.45) is 0.564. The Hall–Kier alpha value is -1.44. The Labute approximate surface area is 139 Å². The second-order valence-electron chi connectivity index (χ2n) is 5.59. The highest BCUT2D eigenvalue weighted by atomic mass is 32.2. The second-order valence-corrected chi connectivity index (χ2v) is 7.96. The van der Waals surface area contributed by atoms with Crippen LogP contribution < -0.4 is 11.1 Å². The third-order valence-corrected chi connectivity index (χ3v) is 5.79. The van der Waals surface area contributed by atoms with Crippen LogP contribution in [0.2, 0.25) is 0 Å². The van der Waals surface area contributed by atoms with E-state index in [1.807, 2.05) is 30.3 Å². The highest BCUT2D eigenvalue weighted by Crippen LogP contribution is 2.18. The van der Waals surface area contributed by atoms with Crippen molar-refractivity contribution in [1.29, 1.82) is 0 Å². The van der Waals surface area contributed by atoms with Gasteiger partial charge in [0.15, 0.2) is 0 Å². The highest BCUT2D eigenvalue weighted by molar-refractivity contribution is 7.89. The van der Waals surface area contributed by atoms with Gasteiger partial charge in [0.05, 0.1) is 11.7 Å². The van der Waals surface area contributed by atoms with Crippen LogP contribution in [0.25, 0.3) is 0 Å². The van der Waals surface area contributed by atoms with E-state index in [1.165, 1.54) is 4.31 Å². The normalized spacial score (nSPS) is 14.5. The van der Waals surface area contributed by atoms with Crippen LogP contribution in [-0.2, 0) is 14.8 Å². The molecule has 7 heteroatoms. The number of nitrogens with zero attached hydrogens (tertiary/aromatic N) is 1. The molecule has 0 aliphatic rings. The Balaban J connectivity index is 2.39. The van der Waals surface area contributed by atoms with Crippen molar-refractivity contribution in [2.45, 2.75) is 26.3 Å². The predicted molar refractivity (Wildman–Crippen MR) is 92.3 cm³/mol. The lowest BCUT2D eigenvalue weighted by molar-refractivity contribution is -0.125. The zero-order chi connectivity index (χ0) is 17.5. The van der Waals surface area contributed by atoms with E-state index >= 15 is 0 Å². The van der Waals surface area contributed by atoms with Gasteiger partial charge in [-0.2, -0.15) is 0 Å². The number of carbonyl (C=O) groups is 1. The minimum atomic E-state index is -3.16. The van der Waals surface area contributed by atoms with Crippen LogP contribution in [0.3, 0.4) is 0 Å². The van der Waals surface area contributed by atoms with Crippen molar-refractivity contribution in [1.82, 2.24) is 9.62 Å². The molecule has 0 fully saturated rings. The van der Waals surface area contributed by atoms with Crippen molar-refractivity contribution in [2.24, 2.45) is 11.7 Å². The summed E-state index contributed by atoms with van der Waals surface area (Å²) < 4.78 is 24.5. The molecule has 2 unspecified atom stereocenters. The first-order chi connectivity index (χ1) is 10.8. The van der Waals surface area contributed by atoms with E-state index in [1.54, 1.807) is 20.9 Å². The first-order valence-electron chi connectivity index (χ1n) is 7.81. The van der Waals surface area contributed by atoms with Crippen LogP contribution in [0, 0.1) is 5.92 Å². The zero-order valence-electron chi connectivity index (χ0n) is 14.0. The highest BCUT2D eigenvalue weighted by Gasteiger charge is 2.21. The molecule has 1 aromatic rings. The summed E-state index contributed by atoms with van der Waals surface area (Å²) in [6.45, 7) is 4.21. The van der Waals surface area contributed by atoms with Gasteiger partial charge in [-0.05, 0) is 18.9 Å². The Morgan fingerprint density at radius 1 is 1.30 bits per heavy atom. The van der Waals surface area contributed by atoms with Crippen molar-refractivity contribution in [3.63, 3.8) is 0 Å². The van der Waals surface area contributed by atoms with Crippen LogP contribution in [-0.4, -0.2) is 44.5 Å². The Kier molecular flexibility index (Phi) is 7.67. The lowest BCUT2D eigenvalue weighted by Gasteiger charge is -2.20. The molecule has 0 bridgehead atoms. The predicted octanol–water partition coefficient (Wildman–Crippen LogP) is 1.11. The van der Waals surface area contributed by atoms with E-state index in [0.717, 1.165) is 5.56 Å². The number of nitrogens with two attached hydrogens (primary N) is 1. The fraction of sp³-hybridized carbons (Fsp3) is 0.562. The fourth-order valence-electron chi connectivity index (χ4n) is 2.16. The second kappa shape index (κ2) is 9.00. The molecule has 0 saturated heterocycles. The fourth-order valence-corrected chi connectivity index (χ4v) is 3.01. The lowest BCUT2D eigenvalue weighted by Crippen LogP contribution is -2.37. The van der Waals surface area contributed by atoms with Gasteiger partial charge >= 0.3 is 0 Å². The summed E-state index contributed by atoms with van der Waals surface area (Å²) in [4.78, 5) is 12.1. The molecule has 0 aliphatic heterocycles. The van der Waals surface area contributed by atoms with Crippen molar-refractivity contribution < 1.29 is 13.2 Å². The molecular formula is C16H27N3O3S. The molecule has 2 atom stereocenters. The minimum absolute atomic E-state index is 0.0822. The molecule has 0 saturated carbocycles. The molecule has 130 valence electrons. The third kappa shape index (κ3) is 5.93. The van der Waals surface area contributed by atoms with E-state index in [4.69, 9.17) is 5.73 Å². The maximum atomic E-state index is 12.1. The zero-order valence-corrected chi connectivity index (χ0v) is 14.8. The molecule has 3 N–H and O–H groups in total. The van der Waals surface area contributed by atoms with Gasteiger partial charge in [-0.15, -0.1) is 0 Å². The minimum Gasteiger partial charge on any atom is -0.356 e. The van der Waals surface area contributed by atoms with Crippen molar-refractivity contribution in [3.8, 4) is 0 Å². The van der Waals surface area contributed by atoms with Gasteiger partial charge in [0.2, 0.25) is 15.9 Å². The maximum Gasteiger partial charge on any atom is 0.224 e. The van der Waals surface area contributed by atoms with Gasteiger partial charge < -0.3 is 11.1 Å². The molecule has 1 amide bonds. The lowest BCUT2D eigenvalue weighted by atomic mass is 9.95. The summed E-state index contributed by atoms with van der Waals surface area (Å²) in [5, 5.41) is 2.82. The van der Waals surface area contributed by atoms with Gasteiger partial charge in [-0.1, -0.05) is 37.3 Å². The summed E-state index contributed by atoms with van der Waals surface area (Å²) >= 11 is 0. The Bertz CT molecular complexity index is 590. The summed E-state index contributed by atoms with van der Waals surface area (Å²) in [5.41, 5.74) is 7.04. The molecule has 0 aliphatic carbocycles. The number of hydrogen-bond acceptors (Lipinski definition) is 4.